The minimum absolute atomic E-state index is 0.413. The molecule has 1 aromatic carbocycles. The van der Waals surface area contributed by atoms with Crippen LogP contribution in [0.2, 0.25) is 0 Å². The van der Waals surface area contributed by atoms with E-state index in [1.54, 1.807) is 14.2 Å². The number of methoxy groups -OCH3 is 2. The predicted octanol–water partition coefficient (Wildman–Crippen LogP) is 1.85. The van der Waals surface area contributed by atoms with Gasteiger partial charge in [-0.3, -0.25) is 4.90 Å². The van der Waals surface area contributed by atoms with Crippen molar-refractivity contribution in [2.24, 2.45) is 0 Å². The minimum Gasteiger partial charge on any atom is -0.497 e. The summed E-state index contributed by atoms with van der Waals surface area (Å²) in [5, 5.41) is 10.9. The second kappa shape index (κ2) is 6.64. The maximum atomic E-state index is 10.9. The lowest BCUT2D eigenvalue weighted by Gasteiger charge is -2.44. The van der Waals surface area contributed by atoms with Crippen LogP contribution in [0.15, 0.2) is 18.2 Å². The maximum Gasteiger partial charge on any atom is 0.125 e. The Hall–Kier alpha value is -1.30. The molecular formula is C16H25NO4. The van der Waals surface area contributed by atoms with Crippen LogP contribution in [-0.4, -0.2) is 56.1 Å². The van der Waals surface area contributed by atoms with Gasteiger partial charge in [0, 0.05) is 24.2 Å². The Bertz CT molecular complexity index is 469. The fourth-order valence-electron chi connectivity index (χ4n) is 2.75. The first-order valence-corrected chi connectivity index (χ1v) is 7.23. The van der Waals surface area contributed by atoms with E-state index in [2.05, 4.69) is 4.90 Å². The van der Waals surface area contributed by atoms with Gasteiger partial charge in [-0.15, -0.1) is 0 Å². The summed E-state index contributed by atoms with van der Waals surface area (Å²) in [6.07, 6.45) is -0.680. The van der Waals surface area contributed by atoms with Crippen molar-refractivity contribution in [3.05, 3.63) is 23.8 Å². The minimum atomic E-state index is -0.680. The Kier molecular flexibility index (Phi) is 5.08. The van der Waals surface area contributed by atoms with E-state index in [9.17, 15) is 5.11 Å². The molecule has 21 heavy (non-hydrogen) atoms. The number of nitrogens with zero attached hydrogens (tertiary/aromatic N) is 1. The van der Waals surface area contributed by atoms with Crippen LogP contribution in [0.5, 0.6) is 11.5 Å². The van der Waals surface area contributed by atoms with Crippen LogP contribution >= 0.6 is 0 Å². The molecule has 1 saturated heterocycles. The van der Waals surface area contributed by atoms with Crippen LogP contribution in [0.4, 0.5) is 0 Å². The van der Waals surface area contributed by atoms with Crippen LogP contribution in [0, 0.1) is 0 Å². The molecule has 0 bridgehead atoms. The van der Waals surface area contributed by atoms with E-state index < -0.39 is 11.6 Å². The lowest BCUT2D eigenvalue weighted by atomic mass is 9.88. The molecule has 5 heteroatoms. The molecule has 5 nitrogen and oxygen atoms in total. The summed E-state index contributed by atoms with van der Waals surface area (Å²) < 4.78 is 16.0. The molecule has 0 radical (unpaired) electrons. The highest BCUT2D eigenvalue weighted by Gasteiger charge is 2.37. The average molecular weight is 295 g/mol. The number of aliphatic hydroxyl groups excluding tert-OH is 1. The lowest BCUT2D eigenvalue weighted by molar-refractivity contribution is -0.0635. The second-order valence-electron chi connectivity index (χ2n) is 5.76. The Morgan fingerprint density at radius 2 is 1.86 bits per heavy atom. The van der Waals surface area contributed by atoms with Gasteiger partial charge in [0.1, 0.15) is 17.6 Å². The Balaban J connectivity index is 2.30. The van der Waals surface area contributed by atoms with Crippen molar-refractivity contribution in [2.75, 3.05) is 40.5 Å². The summed E-state index contributed by atoms with van der Waals surface area (Å²) in [5.74, 6) is 1.38. The lowest BCUT2D eigenvalue weighted by Crippen LogP contribution is -2.53. The van der Waals surface area contributed by atoms with Crippen molar-refractivity contribution in [3.8, 4) is 11.5 Å². The van der Waals surface area contributed by atoms with Gasteiger partial charge in [-0.1, -0.05) is 0 Å². The molecule has 1 heterocycles. The third kappa shape index (κ3) is 3.31. The molecule has 0 aliphatic carbocycles. The zero-order valence-electron chi connectivity index (χ0n) is 13.3. The summed E-state index contributed by atoms with van der Waals surface area (Å²) >= 11 is 0. The summed E-state index contributed by atoms with van der Waals surface area (Å²) in [5.41, 5.74) is 0.331. The van der Waals surface area contributed by atoms with Crippen molar-refractivity contribution in [1.29, 1.82) is 0 Å². The van der Waals surface area contributed by atoms with Crippen molar-refractivity contribution in [2.45, 2.75) is 25.5 Å². The number of rotatable bonds is 5. The first kappa shape index (κ1) is 16.1. The van der Waals surface area contributed by atoms with Crippen molar-refractivity contribution in [3.63, 3.8) is 0 Å². The second-order valence-corrected chi connectivity index (χ2v) is 5.76. The fourth-order valence-corrected chi connectivity index (χ4v) is 2.75. The Morgan fingerprint density at radius 1 is 1.19 bits per heavy atom. The number of hydrogen-bond donors (Lipinski definition) is 1. The zero-order chi connectivity index (χ0) is 15.5. The number of morpholine rings is 1. The maximum absolute atomic E-state index is 10.9. The van der Waals surface area contributed by atoms with E-state index in [0.29, 0.717) is 24.7 Å². The van der Waals surface area contributed by atoms with Crippen LogP contribution in [0.1, 0.15) is 25.5 Å². The molecule has 0 aromatic heterocycles. The van der Waals surface area contributed by atoms with Crippen molar-refractivity contribution >= 4 is 0 Å². The van der Waals surface area contributed by atoms with E-state index in [1.807, 2.05) is 32.0 Å². The van der Waals surface area contributed by atoms with Gasteiger partial charge < -0.3 is 19.3 Å². The number of benzene rings is 1. The zero-order valence-corrected chi connectivity index (χ0v) is 13.3. The van der Waals surface area contributed by atoms with E-state index in [1.165, 1.54) is 0 Å². The molecule has 1 unspecified atom stereocenters. The van der Waals surface area contributed by atoms with Crippen molar-refractivity contribution in [1.82, 2.24) is 4.90 Å². The highest BCUT2D eigenvalue weighted by molar-refractivity contribution is 5.42. The highest BCUT2D eigenvalue weighted by Crippen LogP contribution is 2.38. The van der Waals surface area contributed by atoms with Crippen LogP contribution in [-0.2, 0) is 4.74 Å². The Morgan fingerprint density at radius 3 is 2.43 bits per heavy atom. The van der Waals surface area contributed by atoms with Gasteiger partial charge in [0.15, 0.2) is 0 Å². The molecule has 1 fully saturated rings. The van der Waals surface area contributed by atoms with Gasteiger partial charge in [-0.05, 0) is 32.0 Å². The number of aliphatic hydroxyl groups is 1. The van der Waals surface area contributed by atoms with Crippen LogP contribution in [0.3, 0.4) is 0 Å². The summed E-state index contributed by atoms with van der Waals surface area (Å²) in [6.45, 7) is 7.12. The van der Waals surface area contributed by atoms with E-state index >= 15 is 0 Å². The van der Waals surface area contributed by atoms with E-state index in [-0.39, 0.29) is 0 Å². The van der Waals surface area contributed by atoms with Gasteiger partial charge in [0.2, 0.25) is 0 Å². The Labute approximate surface area is 126 Å². The van der Waals surface area contributed by atoms with Gasteiger partial charge >= 0.3 is 0 Å². The van der Waals surface area contributed by atoms with Gasteiger partial charge in [0.05, 0.1) is 27.4 Å². The molecule has 0 spiro atoms. The topological polar surface area (TPSA) is 51.2 Å². The number of ether oxygens (including phenoxy) is 3. The molecule has 1 N–H and O–H groups in total. The molecule has 1 atom stereocenters. The van der Waals surface area contributed by atoms with Crippen molar-refractivity contribution < 1.29 is 19.3 Å². The van der Waals surface area contributed by atoms with Gasteiger partial charge in [-0.2, -0.15) is 0 Å². The molecule has 118 valence electrons. The third-order valence-electron chi connectivity index (χ3n) is 4.23. The molecule has 1 aliphatic rings. The molecule has 0 saturated carbocycles. The first-order chi connectivity index (χ1) is 10.0. The van der Waals surface area contributed by atoms with E-state index in [0.717, 1.165) is 18.7 Å². The largest absolute Gasteiger partial charge is 0.497 e. The number of hydrogen-bond acceptors (Lipinski definition) is 5. The average Bonchev–Trinajstić information content (AvgIpc) is 2.54. The smallest absolute Gasteiger partial charge is 0.125 e. The molecule has 0 amide bonds. The van der Waals surface area contributed by atoms with E-state index in [4.69, 9.17) is 14.2 Å². The van der Waals surface area contributed by atoms with Crippen LogP contribution in [0.25, 0.3) is 0 Å². The summed E-state index contributed by atoms with van der Waals surface area (Å²) in [7, 11) is 3.23. The molecular weight excluding hydrogens is 270 g/mol. The molecule has 1 aromatic rings. The van der Waals surface area contributed by atoms with Gasteiger partial charge in [-0.25, -0.2) is 0 Å². The standard InChI is InChI=1S/C16H25NO4/c1-16(2,17-7-9-21-10-8-17)15(18)13-11-12(19-3)5-6-14(13)20-4/h5-6,11,15,18H,7-10H2,1-4H3. The highest BCUT2D eigenvalue weighted by atomic mass is 16.5. The van der Waals surface area contributed by atoms with Crippen LogP contribution < -0.4 is 9.47 Å². The summed E-state index contributed by atoms with van der Waals surface area (Å²) in [4.78, 5) is 2.25. The van der Waals surface area contributed by atoms with Gasteiger partial charge in [0.25, 0.3) is 0 Å². The quantitative estimate of drug-likeness (QED) is 0.898. The molecule has 2 rings (SSSR count). The third-order valence-corrected chi connectivity index (χ3v) is 4.23. The summed E-state index contributed by atoms with van der Waals surface area (Å²) in [6, 6.07) is 5.50. The SMILES string of the molecule is COc1ccc(OC)c(C(O)C(C)(C)N2CCOCC2)c1. The predicted molar refractivity (Wildman–Crippen MR) is 81.0 cm³/mol. The monoisotopic (exact) mass is 295 g/mol. The normalized spacial score (nSPS) is 18.3. The first-order valence-electron chi connectivity index (χ1n) is 7.23. The fraction of sp³-hybridized carbons (Fsp3) is 0.625. The molecule has 1 aliphatic heterocycles.